The van der Waals surface area contributed by atoms with E-state index in [1.165, 1.54) is 19.1 Å². The van der Waals surface area contributed by atoms with Crippen LogP contribution in [0.2, 0.25) is 0 Å². The van der Waals surface area contributed by atoms with Crippen LogP contribution >= 0.6 is 0 Å². The van der Waals surface area contributed by atoms with E-state index in [1.807, 2.05) is 7.05 Å². The molecular formula is C12H26N2O2S. The molecule has 0 aromatic heterocycles. The Morgan fingerprint density at radius 3 is 2.53 bits per heavy atom. The Labute approximate surface area is 106 Å². The first kappa shape index (κ1) is 14.9. The van der Waals surface area contributed by atoms with Crippen LogP contribution in [-0.2, 0) is 9.84 Å². The molecule has 1 aliphatic carbocycles. The maximum atomic E-state index is 11.1. The molecule has 0 bridgehead atoms. The smallest absolute Gasteiger partial charge is 0.148 e. The van der Waals surface area contributed by atoms with E-state index in [1.54, 1.807) is 0 Å². The lowest BCUT2D eigenvalue weighted by molar-refractivity contribution is 0.233. The van der Waals surface area contributed by atoms with Crippen LogP contribution in [0.1, 0.15) is 32.6 Å². The van der Waals surface area contributed by atoms with Crippen molar-refractivity contribution in [2.45, 2.75) is 44.7 Å². The van der Waals surface area contributed by atoms with Crippen LogP contribution in [-0.4, -0.2) is 57.5 Å². The Morgan fingerprint density at radius 2 is 2.06 bits per heavy atom. The first-order valence-electron chi connectivity index (χ1n) is 6.53. The second kappa shape index (κ2) is 6.71. The molecule has 0 aromatic rings. The third-order valence-electron chi connectivity index (χ3n) is 3.28. The first-order chi connectivity index (χ1) is 7.92. The van der Waals surface area contributed by atoms with Crippen LogP contribution in [0.4, 0.5) is 0 Å². The standard InChI is InChI=1S/C12H26N2O2S/c1-4-5-12(10-13-11-6-7-11)14(2)8-9-17(3,15)16/h11-13H,4-10H2,1-3H3. The Bertz CT molecular complexity index is 312. The lowest BCUT2D eigenvalue weighted by Gasteiger charge is -2.28. The van der Waals surface area contributed by atoms with E-state index in [-0.39, 0.29) is 5.75 Å². The van der Waals surface area contributed by atoms with Gasteiger partial charge < -0.3 is 10.2 Å². The van der Waals surface area contributed by atoms with Gasteiger partial charge in [0.2, 0.25) is 0 Å². The highest BCUT2D eigenvalue weighted by Crippen LogP contribution is 2.19. The third kappa shape index (κ3) is 7.01. The van der Waals surface area contributed by atoms with Gasteiger partial charge in [-0.05, 0) is 26.3 Å². The van der Waals surface area contributed by atoms with Crippen LogP contribution in [0.5, 0.6) is 0 Å². The van der Waals surface area contributed by atoms with Gasteiger partial charge in [-0.3, -0.25) is 0 Å². The van der Waals surface area contributed by atoms with E-state index in [0.717, 1.165) is 25.4 Å². The maximum Gasteiger partial charge on any atom is 0.148 e. The van der Waals surface area contributed by atoms with E-state index >= 15 is 0 Å². The molecule has 0 amide bonds. The molecule has 1 rings (SSSR count). The molecule has 17 heavy (non-hydrogen) atoms. The molecule has 0 heterocycles. The molecule has 1 saturated carbocycles. The molecular weight excluding hydrogens is 236 g/mol. The van der Waals surface area contributed by atoms with Crippen molar-refractivity contribution in [3.63, 3.8) is 0 Å². The number of nitrogens with zero attached hydrogens (tertiary/aromatic N) is 1. The number of hydrogen-bond donors (Lipinski definition) is 1. The van der Waals surface area contributed by atoms with Crippen molar-refractivity contribution >= 4 is 9.84 Å². The summed E-state index contributed by atoms with van der Waals surface area (Å²) in [5.41, 5.74) is 0. The van der Waals surface area contributed by atoms with Crippen molar-refractivity contribution in [3.05, 3.63) is 0 Å². The number of rotatable bonds is 9. The average Bonchev–Trinajstić information content (AvgIpc) is 3.03. The zero-order valence-corrected chi connectivity index (χ0v) is 12.1. The lowest BCUT2D eigenvalue weighted by atomic mass is 10.1. The summed E-state index contributed by atoms with van der Waals surface area (Å²) < 4.78 is 22.3. The van der Waals surface area contributed by atoms with E-state index in [4.69, 9.17) is 0 Å². The van der Waals surface area contributed by atoms with Gasteiger partial charge in [0.15, 0.2) is 0 Å². The van der Waals surface area contributed by atoms with Crippen LogP contribution in [0, 0.1) is 0 Å². The Balaban J connectivity index is 2.32. The molecule has 0 saturated heterocycles. The molecule has 0 aliphatic heterocycles. The highest BCUT2D eigenvalue weighted by molar-refractivity contribution is 7.90. The molecule has 0 radical (unpaired) electrons. The number of sulfone groups is 1. The van der Waals surface area contributed by atoms with Crippen molar-refractivity contribution in [1.29, 1.82) is 0 Å². The number of hydrogen-bond acceptors (Lipinski definition) is 4. The Kier molecular flexibility index (Phi) is 5.89. The lowest BCUT2D eigenvalue weighted by Crippen LogP contribution is -2.42. The monoisotopic (exact) mass is 262 g/mol. The Morgan fingerprint density at radius 1 is 1.41 bits per heavy atom. The summed E-state index contributed by atoms with van der Waals surface area (Å²) in [4.78, 5) is 2.18. The van der Waals surface area contributed by atoms with Crippen molar-refractivity contribution in [3.8, 4) is 0 Å². The third-order valence-corrected chi connectivity index (χ3v) is 4.20. The molecule has 1 fully saturated rings. The zero-order chi connectivity index (χ0) is 12.9. The fourth-order valence-electron chi connectivity index (χ4n) is 1.89. The molecule has 0 aromatic carbocycles. The summed E-state index contributed by atoms with van der Waals surface area (Å²) >= 11 is 0. The van der Waals surface area contributed by atoms with Gasteiger partial charge in [0.25, 0.3) is 0 Å². The van der Waals surface area contributed by atoms with E-state index in [0.29, 0.717) is 12.6 Å². The zero-order valence-electron chi connectivity index (χ0n) is 11.3. The van der Waals surface area contributed by atoms with Gasteiger partial charge in [-0.1, -0.05) is 13.3 Å². The van der Waals surface area contributed by atoms with Crippen molar-refractivity contribution < 1.29 is 8.42 Å². The van der Waals surface area contributed by atoms with Gasteiger partial charge in [0.05, 0.1) is 5.75 Å². The topological polar surface area (TPSA) is 49.4 Å². The van der Waals surface area contributed by atoms with Gasteiger partial charge >= 0.3 is 0 Å². The molecule has 1 aliphatic rings. The van der Waals surface area contributed by atoms with E-state index in [9.17, 15) is 8.42 Å². The van der Waals surface area contributed by atoms with E-state index < -0.39 is 9.84 Å². The molecule has 1 N–H and O–H groups in total. The molecule has 0 spiro atoms. The molecule has 1 unspecified atom stereocenters. The second-order valence-corrected chi connectivity index (χ2v) is 7.50. The fraction of sp³-hybridized carbons (Fsp3) is 1.00. The van der Waals surface area contributed by atoms with E-state index in [2.05, 4.69) is 17.1 Å². The molecule has 5 heteroatoms. The minimum absolute atomic E-state index is 0.257. The normalized spacial score (nSPS) is 18.6. The van der Waals surface area contributed by atoms with Crippen LogP contribution < -0.4 is 5.32 Å². The second-order valence-electron chi connectivity index (χ2n) is 5.24. The van der Waals surface area contributed by atoms with Gasteiger partial charge in [-0.15, -0.1) is 0 Å². The summed E-state index contributed by atoms with van der Waals surface area (Å²) in [6, 6.07) is 1.18. The quantitative estimate of drug-likeness (QED) is 0.670. The largest absolute Gasteiger partial charge is 0.312 e. The van der Waals surface area contributed by atoms with Gasteiger partial charge in [-0.25, -0.2) is 8.42 Å². The molecule has 102 valence electrons. The molecule has 1 atom stereocenters. The van der Waals surface area contributed by atoms with Gasteiger partial charge in [0, 0.05) is 31.4 Å². The number of likely N-dealkylation sites (N-methyl/N-ethyl adjacent to an activating group) is 1. The maximum absolute atomic E-state index is 11.1. The van der Waals surface area contributed by atoms with Crippen molar-refractivity contribution in [2.75, 3.05) is 32.1 Å². The van der Waals surface area contributed by atoms with Crippen LogP contribution in [0.15, 0.2) is 0 Å². The SMILES string of the molecule is CCCC(CNC1CC1)N(C)CCS(C)(=O)=O. The van der Waals surface area contributed by atoms with Crippen LogP contribution in [0.25, 0.3) is 0 Å². The average molecular weight is 262 g/mol. The fourth-order valence-corrected chi connectivity index (χ4v) is 2.51. The first-order valence-corrected chi connectivity index (χ1v) is 8.59. The highest BCUT2D eigenvalue weighted by Gasteiger charge is 2.23. The summed E-state index contributed by atoms with van der Waals surface area (Å²) in [6.45, 7) is 3.79. The Hall–Kier alpha value is -0.130. The van der Waals surface area contributed by atoms with Crippen molar-refractivity contribution in [1.82, 2.24) is 10.2 Å². The minimum Gasteiger partial charge on any atom is -0.312 e. The highest BCUT2D eigenvalue weighted by atomic mass is 32.2. The van der Waals surface area contributed by atoms with Crippen LogP contribution in [0.3, 0.4) is 0 Å². The number of nitrogens with one attached hydrogen (secondary N) is 1. The summed E-state index contributed by atoms with van der Waals surface area (Å²) in [6.07, 6.45) is 6.16. The van der Waals surface area contributed by atoms with Gasteiger partial charge in [0.1, 0.15) is 9.84 Å². The summed E-state index contributed by atoms with van der Waals surface area (Å²) in [5.74, 6) is 0.257. The predicted molar refractivity (Wildman–Crippen MR) is 72.1 cm³/mol. The predicted octanol–water partition coefficient (Wildman–Crippen LogP) is 0.884. The van der Waals surface area contributed by atoms with Crippen molar-refractivity contribution in [2.24, 2.45) is 0 Å². The molecule has 4 nitrogen and oxygen atoms in total. The summed E-state index contributed by atoms with van der Waals surface area (Å²) in [5, 5.41) is 3.53. The summed E-state index contributed by atoms with van der Waals surface area (Å²) in [7, 11) is -0.821. The minimum atomic E-state index is -2.85. The van der Waals surface area contributed by atoms with Gasteiger partial charge in [-0.2, -0.15) is 0 Å².